The van der Waals surface area contributed by atoms with Crippen molar-refractivity contribution in [3.63, 3.8) is 0 Å². The van der Waals surface area contributed by atoms with Gasteiger partial charge in [-0.15, -0.1) is 6.58 Å². The van der Waals surface area contributed by atoms with E-state index in [0.717, 1.165) is 43.9 Å². The number of anilines is 1. The zero-order valence-corrected chi connectivity index (χ0v) is 12.2. The van der Waals surface area contributed by atoms with Gasteiger partial charge in [-0.1, -0.05) is 24.3 Å². The molecule has 4 nitrogen and oxygen atoms in total. The topological polar surface area (TPSA) is 36.4 Å². The van der Waals surface area contributed by atoms with E-state index in [1.165, 1.54) is 0 Å². The molecule has 4 heteroatoms. The van der Waals surface area contributed by atoms with Crippen LogP contribution in [-0.2, 0) is 11.3 Å². The van der Waals surface area contributed by atoms with Gasteiger partial charge in [-0.25, -0.2) is 4.98 Å². The molecule has 1 amide bonds. The van der Waals surface area contributed by atoms with Crippen molar-refractivity contribution in [3.05, 3.63) is 48.7 Å². The van der Waals surface area contributed by atoms with Gasteiger partial charge in [-0.05, 0) is 18.9 Å². The second-order valence-corrected chi connectivity index (χ2v) is 5.62. The van der Waals surface area contributed by atoms with Gasteiger partial charge in [0, 0.05) is 43.9 Å². The van der Waals surface area contributed by atoms with Gasteiger partial charge in [0.05, 0.1) is 0 Å². The Morgan fingerprint density at radius 3 is 2.95 bits per heavy atom. The molecule has 0 saturated heterocycles. The molecule has 2 heterocycles. The number of fused-ring (bicyclic) bond motifs is 1. The van der Waals surface area contributed by atoms with Crippen LogP contribution in [0.15, 0.2) is 43.1 Å². The monoisotopic (exact) mass is 283 g/mol. The summed E-state index contributed by atoms with van der Waals surface area (Å²) in [6, 6.07) is 4.01. The summed E-state index contributed by atoms with van der Waals surface area (Å²) in [5.74, 6) is 1.39. The highest BCUT2D eigenvalue weighted by Crippen LogP contribution is 2.26. The lowest BCUT2D eigenvalue weighted by atomic mass is 10.1. The maximum atomic E-state index is 12.7. The number of amides is 1. The van der Waals surface area contributed by atoms with Crippen LogP contribution in [0.1, 0.15) is 18.4 Å². The first-order valence-electron chi connectivity index (χ1n) is 7.53. The van der Waals surface area contributed by atoms with E-state index in [4.69, 9.17) is 0 Å². The number of nitrogens with zero attached hydrogens (tertiary/aromatic N) is 3. The first-order chi connectivity index (χ1) is 10.3. The van der Waals surface area contributed by atoms with Crippen LogP contribution in [0.2, 0.25) is 0 Å². The van der Waals surface area contributed by atoms with E-state index in [-0.39, 0.29) is 11.8 Å². The zero-order chi connectivity index (χ0) is 14.7. The van der Waals surface area contributed by atoms with Crippen molar-refractivity contribution in [3.8, 4) is 0 Å². The molecule has 110 valence electrons. The molecule has 0 bridgehead atoms. The first kappa shape index (κ1) is 13.9. The van der Waals surface area contributed by atoms with E-state index in [1.807, 2.05) is 23.2 Å². The maximum absolute atomic E-state index is 12.7. The van der Waals surface area contributed by atoms with E-state index in [2.05, 4.69) is 34.7 Å². The molecule has 1 aliphatic carbocycles. The summed E-state index contributed by atoms with van der Waals surface area (Å²) in [6.45, 7) is 6.79. The molecule has 0 unspecified atom stereocenters. The molecule has 21 heavy (non-hydrogen) atoms. The van der Waals surface area contributed by atoms with Gasteiger partial charge in [-0.2, -0.15) is 0 Å². The van der Waals surface area contributed by atoms with E-state index >= 15 is 0 Å². The standard InChI is InChI=1S/C17H21N3O/c1-2-10-19-11-12-20(17(21)14-6-3-4-7-14)13-15-8-5-9-18-16(15)19/h2-5,8-9,14H,1,6-7,10-13H2. The van der Waals surface area contributed by atoms with Gasteiger partial charge in [0.15, 0.2) is 0 Å². The molecule has 1 aliphatic heterocycles. The highest BCUT2D eigenvalue weighted by atomic mass is 16.2. The molecule has 0 atom stereocenters. The second kappa shape index (κ2) is 6.12. The molecule has 0 saturated carbocycles. The summed E-state index contributed by atoms with van der Waals surface area (Å²) >= 11 is 0. The van der Waals surface area contributed by atoms with Crippen LogP contribution in [0.25, 0.3) is 0 Å². The molecular formula is C17H21N3O. The Bertz CT molecular complexity index is 559. The largest absolute Gasteiger partial charge is 0.351 e. The van der Waals surface area contributed by atoms with Crippen LogP contribution in [0.3, 0.4) is 0 Å². The minimum Gasteiger partial charge on any atom is -0.351 e. The predicted octanol–water partition coefficient (Wildman–Crippen LogP) is 2.38. The summed E-state index contributed by atoms with van der Waals surface area (Å²) in [5.41, 5.74) is 1.12. The lowest BCUT2D eigenvalue weighted by molar-refractivity contribution is -0.135. The summed E-state index contributed by atoms with van der Waals surface area (Å²) in [6.07, 6.45) is 9.68. The van der Waals surface area contributed by atoms with Gasteiger partial charge in [0.2, 0.25) is 5.91 Å². The van der Waals surface area contributed by atoms with Crippen LogP contribution < -0.4 is 4.90 Å². The molecular weight excluding hydrogens is 262 g/mol. The smallest absolute Gasteiger partial charge is 0.226 e. The highest BCUT2D eigenvalue weighted by molar-refractivity contribution is 5.80. The van der Waals surface area contributed by atoms with Crippen molar-refractivity contribution in [1.82, 2.24) is 9.88 Å². The van der Waals surface area contributed by atoms with Crippen molar-refractivity contribution in [2.24, 2.45) is 5.92 Å². The maximum Gasteiger partial charge on any atom is 0.226 e. The predicted molar refractivity (Wildman–Crippen MR) is 83.9 cm³/mol. The van der Waals surface area contributed by atoms with Crippen LogP contribution >= 0.6 is 0 Å². The normalized spacial score (nSPS) is 18.5. The fourth-order valence-electron chi connectivity index (χ4n) is 3.07. The minimum atomic E-state index is 0.135. The summed E-state index contributed by atoms with van der Waals surface area (Å²) in [4.78, 5) is 21.3. The van der Waals surface area contributed by atoms with Crippen LogP contribution in [0.5, 0.6) is 0 Å². The van der Waals surface area contributed by atoms with Gasteiger partial charge in [0.25, 0.3) is 0 Å². The zero-order valence-electron chi connectivity index (χ0n) is 12.2. The number of carbonyl (C=O) groups excluding carboxylic acids is 1. The fourth-order valence-corrected chi connectivity index (χ4v) is 3.07. The quantitative estimate of drug-likeness (QED) is 0.799. The SMILES string of the molecule is C=CCN1CCN(C(=O)C2CC=CC2)Cc2cccnc21. The third-order valence-electron chi connectivity index (χ3n) is 4.19. The number of carbonyl (C=O) groups is 1. The Hall–Kier alpha value is -2.10. The molecule has 0 aromatic carbocycles. The summed E-state index contributed by atoms with van der Waals surface area (Å²) < 4.78 is 0. The minimum absolute atomic E-state index is 0.135. The number of pyridine rings is 1. The molecule has 3 rings (SSSR count). The highest BCUT2D eigenvalue weighted by Gasteiger charge is 2.28. The van der Waals surface area contributed by atoms with E-state index in [1.54, 1.807) is 0 Å². The van der Waals surface area contributed by atoms with Crippen LogP contribution in [-0.4, -0.2) is 35.4 Å². The van der Waals surface area contributed by atoms with E-state index in [9.17, 15) is 4.79 Å². The Morgan fingerprint density at radius 2 is 2.19 bits per heavy atom. The Morgan fingerprint density at radius 1 is 1.38 bits per heavy atom. The van der Waals surface area contributed by atoms with E-state index in [0.29, 0.717) is 6.54 Å². The molecule has 0 N–H and O–H groups in total. The Kier molecular flexibility index (Phi) is 4.04. The summed E-state index contributed by atoms with van der Waals surface area (Å²) in [5, 5.41) is 0. The molecule has 1 aromatic rings. The summed E-state index contributed by atoms with van der Waals surface area (Å²) in [7, 11) is 0. The van der Waals surface area contributed by atoms with E-state index < -0.39 is 0 Å². The lowest BCUT2D eigenvalue weighted by Crippen LogP contribution is -2.38. The second-order valence-electron chi connectivity index (χ2n) is 5.62. The van der Waals surface area contributed by atoms with Gasteiger partial charge >= 0.3 is 0 Å². The fraction of sp³-hybridized carbons (Fsp3) is 0.412. The molecule has 1 aromatic heterocycles. The Balaban J connectivity index is 1.81. The van der Waals surface area contributed by atoms with Gasteiger partial charge in [-0.3, -0.25) is 4.79 Å². The van der Waals surface area contributed by atoms with Crippen molar-refractivity contribution in [2.75, 3.05) is 24.5 Å². The van der Waals surface area contributed by atoms with Crippen molar-refractivity contribution >= 4 is 11.7 Å². The lowest BCUT2D eigenvalue weighted by Gasteiger charge is -2.24. The average Bonchev–Trinajstić information content (AvgIpc) is 2.98. The molecule has 0 spiro atoms. The third-order valence-corrected chi connectivity index (χ3v) is 4.19. The van der Waals surface area contributed by atoms with Crippen molar-refractivity contribution < 1.29 is 4.79 Å². The van der Waals surface area contributed by atoms with Crippen LogP contribution in [0.4, 0.5) is 5.82 Å². The van der Waals surface area contributed by atoms with Gasteiger partial charge < -0.3 is 9.80 Å². The number of hydrogen-bond donors (Lipinski definition) is 0. The molecule has 0 fully saturated rings. The van der Waals surface area contributed by atoms with Gasteiger partial charge in [0.1, 0.15) is 5.82 Å². The molecule has 0 radical (unpaired) electrons. The number of hydrogen-bond acceptors (Lipinski definition) is 3. The van der Waals surface area contributed by atoms with Crippen LogP contribution in [0, 0.1) is 5.92 Å². The number of aromatic nitrogens is 1. The number of allylic oxidation sites excluding steroid dienone is 2. The molecule has 2 aliphatic rings. The first-order valence-corrected chi connectivity index (χ1v) is 7.53. The Labute approximate surface area is 125 Å². The van der Waals surface area contributed by atoms with Crippen molar-refractivity contribution in [2.45, 2.75) is 19.4 Å². The third kappa shape index (κ3) is 2.84. The van der Waals surface area contributed by atoms with Crippen molar-refractivity contribution in [1.29, 1.82) is 0 Å². The average molecular weight is 283 g/mol. The number of rotatable bonds is 3.